The fourth-order valence-corrected chi connectivity index (χ4v) is 5.79. The van der Waals surface area contributed by atoms with E-state index in [0.29, 0.717) is 35.6 Å². The van der Waals surface area contributed by atoms with E-state index in [1.54, 1.807) is 49.4 Å². The Bertz CT molecular complexity index is 1490. The van der Waals surface area contributed by atoms with Gasteiger partial charge in [0, 0.05) is 12.0 Å². The molecule has 2 aliphatic heterocycles. The van der Waals surface area contributed by atoms with E-state index in [4.69, 9.17) is 14.2 Å². The van der Waals surface area contributed by atoms with Crippen molar-refractivity contribution in [3.8, 4) is 11.5 Å². The lowest BCUT2D eigenvalue weighted by Gasteiger charge is -2.23. The Kier molecular flexibility index (Phi) is 6.66. The van der Waals surface area contributed by atoms with Crippen molar-refractivity contribution in [1.82, 2.24) is 4.98 Å². The molecule has 1 saturated heterocycles. The summed E-state index contributed by atoms with van der Waals surface area (Å²) in [6.45, 7) is 5.85. The summed E-state index contributed by atoms with van der Waals surface area (Å²) in [6.07, 6.45) is 0.672. The number of fused-ring (bicyclic) bond motifs is 1. The van der Waals surface area contributed by atoms with Crippen LogP contribution in [0.2, 0.25) is 0 Å². The van der Waals surface area contributed by atoms with Crippen LogP contribution in [0.3, 0.4) is 0 Å². The molecule has 2 atom stereocenters. The van der Waals surface area contributed by atoms with E-state index >= 15 is 0 Å². The van der Waals surface area contributed by atoms with Crippen LogP contribution in [0.5, 0.6) is 11.5 Å². The number of esters is 1. The molecule has 0 saturated carbocycles. The van der Waals surface area contributed by atoms with Crippen LogP contribution in [-0.2, 0) is 20.7 Å². The molecule has 1 amide bonds. The second kappa shape index (κ2) is 9.94. The lowest BCUT2D eigenvalue weighted by atomic mass is 9.94. The summed E-state index contributed by atoms with van der Waals surface area (Å²) >= 11 is 0.949. The van der Waals surface area contributed by atoms with Gasteiger partial charge in [-0.3, -0.25) is 14.5 Å². The number of Topliss-reactive ketones (excluding diaryl/α,β-unsaturated/α-hetero) is 1. The molecule has 10 heteroatoms. The molecule has 3 aromatic rings. The zero-order chi connectivity index (χ0) is 27.1. The van der Waals surface area contributed by atoms with Crippen LogP contribution in [0, 0.1) is 6.92 Å². The van der Waals surface area contributed by atoms with E-state index in [0.717, 1.165) is 22.6 Å². The second-order valence-corrected chi connectivity index (χ2v) is 10.0. The van der Waals surface area contributed by atoms with Gasteiger partial charge in [0.25, 0.3) is 5.78 Å². The number of ether oxygens (including phenoxy) is 3. The average Bonchev–Trinajstić information content (AvgIpc) is 3.55. The van der Waals surface area contributed by atoms with Crippen LogP contribution in [0.15, 0.2) is 48.0 Å². The monoisotopic (exact) mass is 534 g/mol. The van der Waals surface area contributed by atoms with Crippen molar-refractivity contribution in [2.24, 2.45) is 0 Å². The number of hydrogen-bond acceptors (Lipinski definition) is 9. The highest BCUT2D eigenvalue weighted by Crippen LogP contribution is 2.45. The molecule has 2 aromatic carbocycles. The Morgan fingerprint density at radius 3 is 2.76 bits per heavy atom. The highest BCUT2D eigenvalue weighted by atomic mass is 32.1. The second-order valence-electron chi connectivity index (χ2n) is 9.03. The third kappa shape index (κ3) is 4.30. The molecule has 196 valence electrons. The molecule has 3 heterocycles. The Morgan fingerprint density at radius 1 is 1.24 bits per heavy atom. The zero-order valence-corrected chi connectivity index (χ0v) is 22.1. The summed E-state index contributed by atoms with van der Waals surface area (Å²) in [5, 5.41) is 11.6. The predicted molar refractivity (Wildman–Crippen MR) is 141 cm³/mol. The highest BCUT2D eigenvalue weighted by Gasteiger charge is 2.48. The van der Waals surface area contributed by atoms with E-state index in [1.807, 2.05) is 13.8 Å². The number of amides is 1. The number of nitrogens with zero attached hydrogens (tertiary/aromatic N) is 2. The first-order valence-electron chi connectivity index (χ1n) is 12.1. The fraction of sp³-hybridized carbons (Fsp3) is 0.286. The Hall–Kier alpha value is -4.18. The Balaban J connectivity index is 1.69. The minimum atomic E-state index is -1.00. The fourth-order valence-electron chi connectivity index (χ4n) is 4.78. The number of methoxy groups -OCH3 is 1. The number of anilines is 1. The number of aliphatic hydroxyl groups excluding tert-OH is 1. The van der Waals surface area contributed by atoms with Gasteiger partial charge in [-0.2, -0.15) is 0 Å². The number of aryl methyl sites for hydroxylation is 1. The minimum Gasteiger partial charge on any atom is -0.507 e. The summed E-state index contributed by atoms with van der Waals surface area (Å²) < 4.78 is 16.3. The van der Waals surface area contributed by atoms with Gasteiger partial charge in [-0.1, -0.05) is 23.5 Å². The summed E-state index contributed by atoms with van der Waals surface area (Å²) in [4.78, 5) is 45.1. The highest BCUT2D eigenvalue weighted by molar-refractivity contribution is 7.17. The molecule has 1 N–H and O–H groups in total. The SMILES string of the molecule is CCOc1cccc([C@H]2/C(=C(\O)c3ccc4c(c3)C[C@@H](C)O4)C(=O)C(=O)N2c2nc(C)c(C(=O)OC)s2)c1. The third-order valence-electron chi connectivity index (χ3n) is 6.46. The normalized spacial score (nSPS) is 19.8. The number of aliphatic hydroxyl groups is 1. The van der Waals surface area contributed by atoms with Crippen molar-refractivity contribution < 1.29 is 33.7 Å². The first-order chi connectivity index (χ1) is 18.2. The molecule has 5 rings (SSSR count). The van der Waals surface area contributed by atoms with Crippen molar-refractivity contribution in [2.45, 2.75) is 39.3 Å². The van der Waals surface area contributed by atoms with E-state index < -0.39 is 23.7 Å². The van der Waals surface area contributed by atoms with Gasteiger partial charge in [0.05, 0.1) is 31.0 Å². The van der Waals surface area contributed by atoms with Crippen molar-refractivity contribution in [3.63, 3.8) is 0 Å². The van der Waals surface area contributed by atoms with Gasteiger partial charge in [0.1, 0.15) is 28.2 Å². The van der Waals surface area contributed by atoms with Crippen molar-refractivity contribution in [2.75, 3.05) is 18.6 Å². The van der Waals surface area contributed by atoms with Gasteiger partial charge in [-0.25, -0.2) is 9.78 Å². The van der Waals surface area contributed by atoms with E-state index in [-0.39, 0.29) is 27.4 Å². The maximum Gasteiger partial charge on any atom is 0.350 e. The summed E-state index contributed by atoms with van der Waals surface area (Å²) in [5.74, 6) is -1.34. The molecule has 0 bridgehead atoms. The van der Waals surface area contributed by atoms with Gasteiger partial charge >= 0.3 is 11.9 Å². The molecule has 0 spiro atoms. The first-order valence-corrected chi connectivity index (χ1v) is 12.9. The third-order valence-corrected chi connectivity index (χ3v) is 7.60. The molecule has 1 fully saturated rings. The quantitative estimate of drug-likeness (QED) is 0.211. The largest absolute Gasteiger partial charge is 0.507 e. The van der Waals surface area contributed by atoms with E-state index in [9.17, 15) is 19.5 Å². The van der Waals surface area contributed by atoms with Crippen LogP contribution < -0.4 is 14.4 Å². The Labute approximate surface area is 223 Å². The number of benzene rings is 2. The van der Waals surface area contributed by atoms with Crippen molar-refractivity contribution >= 4 is 39.9 Å². The van der Waals surface area contributed by atoms with Gasteiger partial charge in [-0.05, 0) is 62.2 Å². The smallest absolute Gasteiger partial charge is 0.350 e. The predicted octanol–water partition coefficient (Wildman–Crippen LogP) is 4.59. The number of carbonyl (C=O) groups is 3. The van der Waals surface area contributed by atoms with Crippen LogP contribution in [0.4, 0.5) is 5.13 Å². The molecular weight excluding hydrogens is 508 g/mol. The number of ketones is 1. The summed E-state index contributed by atoms with van der Waals surface area (Å²) in [5.41, 5.74) is 2.14. The van der Waals surface area contributed by atoms with Crippen molar-refractivity contribution in [3.05, 3.63) is 75.3 Å². The number of hydrogen-bond donors (Lipinski definition) is 1. The molecule has 38 heavy (non-hydrogen) atoms. The lowest BCUT2D eigenvalue weighted by molar-refractivity contribution is -0.132. The number of carbonyl (C=O) groups excluding carboxylic acids is 3. The maximum absolute atomic E-state index is 13.5. The number of thiazole rings is 1. The lowest BCUT2D eigenvalue weighted by Crippen LogP contribution is -2.29. The Morgan fingerprint density at radius 2 is 2.03 bits per heavy atom. The average molecular weight is 535 g/mol. The molecule has 9 nitrogen and oxygen atoms in total. The van der Waals surface area contributed by atoms with Gasteiger partial charge in [0.2, 0.25) is 0 Å². The van der Waals surface area contributed by atoms with Crippen molar-refractivity contribution in [1.29, 1.82) is 0 Å². The summed E-state index contributed by atoms with van der Waals surface area (Å²) in [7, 11) is 1.26. The van der Waals surface area contributed by atoms with Crippen LogP contribution >= 0.6 is 11.3 Å². The van der Waals surface area contributed by atoms with E-state index in [2.05, 4.69) is 4.98 Å². The molecule has 0 radical (unpaired) electrons. The number of rotatable bonds is 6. The van der Waals surface area contributed by atoms with Crippen LogP contribution in [0.1, 0.15) is 51.9 Å². The molecule has 1 aromatic heterocycles. The minimum absolute atomic E-state index is 0.00595. The maximum atomic E-state index is 13.5. The van der Waals surface area contributed by atoms with Gasteiger partial charge in [-0.15, -0.1) is 0 Å². The van der Waals surface area contributed by atoms with Crippen LogP contribution in [0.25, 0.3) is 5.76 Å². The standard InChI is InChI=1S/C28H26N2O7S/c1-5-36-19-8-6-7-16(13-19)22-21(23(31)17-9-10-20-18(12-17)11-14(2)37-20)24(32)26(33)30(22)28-29-15(3)25(38-28)27(34)35-4/h6-10,12-14,22,31H,5,11H2,1-4H3/b23-21+/t14-,22+/m1/s1. The summed E-state index contributed by atoms with van der Waals surface area (Å²) in [6, 6.07) is 11.2. The van der Waals surface area contributed by atoms with Gasteiger partial charge in [0.15, 0.2) is 5.13 Å². The van der Waals surface area contributed by atoms with E-state index in [1.165, 1.54) is 12.0 Å². The van der Waals surface area contributed by atoms with Gasteiger partial charge < -0.3 is 19.3 Å². The topological polar surface area (TPSA) is 115 Å². The first kappa shape index (κ1) is 25.5. The molecule has 0 aliphatic carbocycles. The number of aromatic nitrogens is 1. The molecule has 0 unspecified atom stereocenters. The molecular formula is C28H26N2O7S. The molecule has 2 aliphatic rings. The zero-order valence-electron chi connectivity index (χ0n) is 21.3. The van der Waals surface area contributed by atoms with Crippen LogP contribution in [-0.4, -0.2) is 47.6 Å².